The van der Waals surface area contributed by atoms with Crippen molar-refractivity contribution < 1.29 is 18.7 Å². The number of rotatable bonds is 3. The van der Waals surface area contributed by atoms with Gasteiger partial charge in [-0.25, -0.2) is 9.18 Å². The lowest BCUT2D eigenvalue weighted by atomic mass is 10.1. The van der Waals surface area contributed by atoms with Gasteiger partial charge in [-0.15, -0.1) is 0 Å². The van der Waals surface area contributed by atoms with Gasteiger partial charge >= 0.3 is 5.97 Å². The third kappa shape index (κ3) is 3.00. The summed E-state index contributed by atoms with van der Waals surface area (Å²) in [6.07, 6.45) is 1.27. The van der Waals surface area contributed by atoms with E-state index >= 15 is 0 Å². The minimum absolute atomic E-state index is 0.0237. The molecule has 0 saturated carbocycles. The summed E-state index contributed by atoms with van der Waals surface area (Å²) in [5, 5.41) is 0. The van der Waals surface area contributed by atoms with Crippen molar-refractivity contribution in [3.63, 3.8) is 0 Å². The van der Waals surface area contributed by atoms with Gasteiger partial charge in [-0.2, -0.15) is 0 Å². The molecule has 20 heavy (non-hydrogen) atoms. The zero-order chi connectivity index (χ0) is 14.7. The third-order valence-corrected chi connectivity index (χ3v) is 3.73. The van der Waals surface area contributed by atoms with Crippen LogP contribution in [0.5, 0.6) is 0 Å². The molecular formula is C14H15BrFNO3. The predicted octanol–water partition coefficient (Wildman–Crippen LogP) is 2.76. The van der Waals surface area contributed by atoms with E-state index in [1.54, 1.807) is 13.0 Å². The molecule has 0 spiro atoms. The largest absolute Gasteiger partial charge is 0.464 e. The number of amides is 1. The van der Waals surface area contributed by atoms with E-state index in [2.05, 4.69) is 15.9 Å². The summed E-state index contributed by atoms with van der Waals surface area (Å²) < 4.78 is 19.4. The molecule has 0 radical (unpaired) electrons. The Bertz CT molecular complexity index is 535. The van der Waals surface area contributed by atoms with Crippen molar-refractivity contribution in [2.24, 2.45) is 0 Å². The van der Waals surface area contributed by atoms with Crippen LogP contribution >= 0.6 is 15.9 Å². The summed E-state index contributed by atoms with van der Waals surface area (Å²) >= 11 is 3.15. The molecule has 0 aliphatic carbocycles. The van der Waals surface area contributed by atoms with Crippen LogP contribution in [0.25, 0.3) is 0 Å². The second-order valence-corrected chi connectivity index (χ2v) is 5.45. The van der Waals surface area contributed by atoms with Gasteiger partial charge in [0.25, 0.3) is 5.91 Å². The first kappa shape index (κ1) is 15.0. The first-order valence-electron chi connectivity index (χ1n) is 6.47. The minimum atomic E-state index is -0.606. The lowest BCUT2D eigenvalue weighted by Crippen LogP contribution is -2.41. The van der Waals surface area contributed by atoms with Crippen LogP contribution in [0.1, 0.15) is 30.1 Å². The Kier molecular flexibility index (Phi) is 4.75. The minimum Gasteiger partial charge on any atom is -0.464 e. The number of nitrogens with zero attached hydrogens (tertiary/aromatic N) is 1. The normalized spacial score (nSPS) is 18.1. The van der Waals surface area contributed by atoms with Crippen LogP contribution in [0, 0.1) is 5.82 Å². The summed E-state index contributed by atoms with van der Waals surface area (Å²) in [5.74, 6) is -1.49. The van der Waals surface area contributed by atoms with Crippen molar-refractivity contribution in [2.45, 2.75) is 25.8 Å². The van der Waals surface area contributed by atoms with Crippen molar-refractivity contribution in [3.05, 3.63) is 34.1 Å². The number of carbonyl (C=O) groups is 2. The molecule has 1 atom stereocenters. The monoisotopic (exact) mass is 343 g/mol. The first-order valence-corrected chi connectivity index (χ1v) is 7.26. The van der Waals surface area contributed by atoms with E-state index in [0.29, 0.717) is 23.9 Å². The van der Waals surface area contributed by atoms with E-state index in [1.165, 1.54) is 17.0 Å². The van der Waals surface area contributed by atoms with Gasteiger partial charge in [0.1, 0.15) is 11.9 Å². The Morgan fingerprint density at radius 2 is 2.25 bits per heavy atom. The van der Waals surface area contributed by atoms with E-state index < -0.39 is 23.7 Å². The van der Waals surface area contributed by atoms with Crippen molar-refractivity contribution in [1.82, 2.24) is 4.90 Å². The Hall–Kier alpha value is -1.43. The molecule has 1 aliphatic heterocycles. The highest BCUT2D eigenvalue weighted by atomic mass is 79.9. The Balaban J connectivity index is 2.21. The van der Waals surface area contributed by atoms with Crippen molar-refractivity contribution >= 4 is 27.8 Å². The number of halogens is 2. The summed E-state index contributed by atoms with van der Waals surface area (Å²) in [6.45, 7) is 2.43. The first-order chi connectivity index (χ1) is 9.54. The second-order valence-electron chi connectivity index (χ2n) is 4.53. The highest BCUT2D eigenvalue weighted by Gasteiger charge is 2.36. The fraction of sp³-hybridized carbons (Fsp3) is 0.429. The molecule has 1 fully saturated rings. The van der Waals surface area contributed by atoms with Crippen molar-refractivity contribution in [3.8, 4) is 0 Å². The summed E-state index contributed by atoms with van der Waals surface area (Å²) in [5.41, 5.74) is -0.0237. The predicted molar refractivity (Wildman–Crippen MR) is 74.8 cm³/mol. The molecular weight excluding hydrogens is 329 g/mol. The highest BCUT2D eigenvalue weighted by molar-refractivity contribution is 9.10. The van der Waals surface area contributed by atoms with Gasteiger partial charge in [0.05, 0.1) is 12.2 Å². The van der Waals surface area contributed by atoms with Crippen LogP contribution in [0.4, 0.5) is 4.39 Å². The Labute approximate surface area is 125 Å². The molecule has 0 N–H and O–H groups in total. The lowest BCUT2D eigenvalue weighted by Gasteiger charge is -2.23. The molecule has 1 aromatic rings. The van der Waals surface area contributed by atoms with Crippen LogP contribution in [0.15, 0.2) is 22.7 Å². The number of ether oxygens (including phenoxy) is 1. The van der Waals surface area contributed by atoms with Gasteiger partial charge in [0.2, 0.25) is 0 Å². The molecule has 2 rings (SSSR count). The highest BCUT2D eigenvalue weighted by Crippen LogP contribution is 2.23. The molecule has 1 aromatic carbocycles. The summed E-state index contributed by atoms with van der Waals surface area (Å²) in [6, 6.07) is 3.65. The van der Waals surface area contributed by atoms with Crippen LogP contribution in [0.3, 0.4) is 0 Å². The third-order valence-electron chi connectivity index (χ3n) is 3.23. The van der Waals surface area contributed by atoms with E-state index in [1.807, 2.05) is 0 Å². The molecule has 1 heterocycles. The molecule has 1 amide bonds. The van der Waals surface area contributed by atoms with Gasteiger partial charge in [0, 0.05) is 11.0 Å². The molecule has 4 nitrogen and oxygen atoms in total. The van der Waals surface area contributed by atoms with Gasteiger partial charge in [0.15, 0.2) is 0 Å². The van der Waals surface area contributed by atoms with E-state index in [9.17, 15) is 14.0 Å². The number of hydrogen-bond donors (Lipinski definition) is 0. The molecule has 1 unspecified atom stereocenters. The van der Waals surface area contributed by atoms with Crippen molar-refractivity contribution in [1.29, 1.82) is 0 Å². The van der Waals surface area contributed by atoms with Gasteiger partial charge < -0.3 is 9.64 Å². The SMILES string of the molecule is CCOC(=O)C1CCCN1C(=O)c1ccc(Br)cc1F. The average molecular weight is 344 g/mol. The average Bonchev–Trinajstić information content (AvgIpc) is 2.87. The maximum atomic E-state index is 13.8. The van der Waals surface area contributed by atoms with E-state index in [0.717, 1.165) is 0 Å². The summed E-state index contributed by atoms with van der Waals surface area (Å²) in [4.78, 5) is 25.6. The van der Waals surface area contributed by atoms with Gasteiger partial charge in [-0.1, -0.05) is 15.9 Å². The summed E-state index contributed by atoms with van der Waals surface area (Å²) in [7, 11) is 0. The fourth-order valence-electron chi connectivity index (χ4n) is 2.31. The molecule has 6 heteroatoms. The fourth-order valence-corrected chi connectivity index (χ4v) is 2.64. The van der Waals surface area contributed by atoms with Crippen LogP contribution in [0.2, 0.25) is 0 Å². The second kappa shape index (κ2) is 6.35. The number of carbonyl (C=O) groups excluding carboxylic acids is 2. The van der Waals surface area contributed by atoms with Crippen LogP contribution in [-0.2, 0) is 9.53 Å². The molecule has 108 valence electrons. The van der Waals surface area contributed by atoms with Gasteiger partial charge in [-0.3, -0.25) is 4.79 Å². The standard InChI is InChI=1S/C14H15BrFNO3/c1-2-20-14(19)12-4-3-7-17(12)13(18)10-6-5-9(15)8-11(10)16/h5-6,8,12H,2-4,7H2,1H3. The van der Waals surface area contributed by atoms with Crippen LogP contribution in [-0.4, -0.2) is 36.0 Å². The number of hydrogen-bond acceptors (Lipinski definition) is 3. The Morgan fingerprint density at radius 1 is 1.50 bits per heavy atom. The maximum absolute atomic E-state index is 13.8. The lowest BCUT2D eigenvalue weighted by molar-refractivity contribution is -0.147. The van der Waals surface area contributed by atoms with Crippen molar-refractivity contribution in [2.75, 3.05) is 13.2 Å². The van der Waals surface area contributed by atoms with E-state index in [-0.39, 0.29) is 12.2 Å². The smallest absolute Gasteiger partial charge is 0.328 e. The molecule has 0 aromatic heterocycles. The molecule has 1 aliphatic rings. The number of esters is 1. The quantitative estimate of drug-likeness (QED) is 0.793. The zero-order valence-electron chi connectivity index (χ0n) is 11.1. The van der Waals surface area contributed by atoms with Crippen LogP contribution < -0.4 is 0 Å². The maximum Gasteiger partial charge on any atom is 0.328 e. The number of benzene rings is 1. The van der Waals surface area contributed by atoms with E-state index in [4.69, 9.17) is 4.74 Å². The molecule has 1 saturated heterocycles. The van der Waals surface area contributed by atoms with Gasteiger partial charge in [-0.05, 0) is 38.0 Å². The Morgan fingerprint density at radius 3 is 2.90 bits per heavy atom. The molecule has 0 bridgehead atoms. The number of likely N-dealkylation sites (tertiary alicyclic amines) is 1. The topological polar surface area (TPSA) is 46.6 Å². The zero-order valence-corrected chi connectivity index (χ0v) is 12.7.